The van der Waals surface area contributed by atoms with Crippen molar-refractivity contribution in [3.05, 3.63) is 101 Å². The monoisotopic (exact) mass is 411 g/mol. The second kappa shape index (κ2) is 9.09. The first-order valence-corrected chi connectivity index (χ1v) is 9.82. The number of carbonyl (C=O) groups excluding carboxylic acids is 1. The number of nitrogens with zero attached hydrogens (tertiary/aromatic N) is 2. The number of carbonyl (C=O) groups is 1. The molecule has 0 aliphatic rings. The van der Waals surface area contributed by atoms with Crippen molar-refractivity contribution in [2.24, 2.45) is 7.05 Å². The Bertz CT molecular complexity index is 1250. The molecule has 0 unspecified atom stereocenters. The molecule has 0 bridgehead atoms. The van der Waals surface area contributed by atoms with Gasteiger partial charge in [0.2, 0.25) is 0 Å². The van der Waals surface area contributed by atoms with Crippen LogP contribution in [-0.2, 0) is 11.8 Å². The normalized spacial score (nSPS) is 10.5. The quantitative estimate of drug-likeness (QED) is 0.518. The average Bonchev–Trinajstić information content (AvgIpc) is 2.81. The number of ether oxygens (including phenoxy) is 1. The van der Waals surface area contributed by atoms with Gasteiger partial charge in [0, 0.05) is 29.9 Å². The van der Waals surface area contributed by atoms with Crippen LogP contribution < -0.4 is 15.6 Å². The van der Waals surface area contributed by atoms with Crippen LogP contribution in [0.4, 0.5) is 5.69 Å². The van der Waals surface area contributed by atoms with Crippen LogP contribution >= 0.6 is 0 Å². The largest absolute Gasteiger partial charge is 0.483 e. The minimum atomic E-state index is -0.254. The molecule has 154 valence electrons. The summed E-state index contributed by atoms with van der Waals surface area (Å²) in [7, 11) is 1.61. The molecule has 4 aromatic rings. The molecule has 31 heavy (non-hydrogen) atoms. The molecule has 1 heterocycles. The Morgan fingerprint density at radius 2 is 1.58 bits per heavy atom. The zero-order chi connectivity index (χ0) is 21.6. The molecule has 0 aliphatic heterocycles. The van der Waals surface area contributed by atoms with Crippen molar-refractivity contribution in [3.8, 4) is 28.1 Å². The van der Waals surface area contributed by atoms with Gasteiger partial charge in [-0.1, -0.05) is 60.7 Å². The van der Waals surface area contributed by atoms with Gasteiger partial charge in [-0.15, -0.1) is 0 Å². The van der Waals surface area contributed by atoms with Crippen molar-refractivity contribution in [1.82, 2.24) is 9.78 Å². The molecular formula is C25H21N3O3. The van der Waals surface area contributed by atoms with Gasteiger partial charge in [-0.05, 0) is 29.8 Å². The van der Waals surface area contributed by atoms with Gasteiger partial charge in [-0.2, -0.15) is 5.10 Å². The summed E-state index contributed by atoms with van der Waals surface area (Å²) < 4.78 is 7.08. The topological polar surface area (TPSA) is 73.2 Å². The van der Waals surface area contributed by atoms with Crippen molar-refractivity contribution in [3.63, 3.8) is 0 Å². The molecule has 0 radical (unpaired) electrons. The summed E-state index contributed by atoms with van der Waals surface area (Å²) in [6, 6.07) is 27.9. The third-order valence-corrected chi connectivity index (χ3v) is 4.76. The smallest absolute Gasteiger partial charge is 0.266 e. The highest BCUT2D eigenvalue weighted by Gasteiger charge is 2.09. The maximum absolute atomic E-state index is 12.4. The van der Waals surface area contributed by atoms with E-state index in [-0.39, 0.29) is 18.1 Å². The van der Waals surface area contributed by atoms with Crippen LogP contribution in [0.2, 0.25) is 0 Å². The molecule has 1 N–H and O–H groups in total. The number of rotatable bonds is 6. The van der Waals surface area contributed by atoms with Crippen molar-refractivity contribution in [2.75, 3.05) is 11.9 Å². The highest BCUT2D eigenvalue weighted by Crippen LogP contribution is 2.29. The molecule has 0 aliphatic carbocycles. The second-order valence-electron chi connectivity index (χ2n) is 6.96. The number of benzene rings is 3. The molecule has 0 spiro atoms. The lowest BCUT2D eigenvalue weighted by atomic mass is 10.1. The van der Waals surface area contributed by atoms with Gasteiger partial charge < -0.3 is 10.1 Å². The van der Waals surface area contributed by atoms with E-state index in [1.54, 1.807) is 25.2 Å². The van der Waals surface area contributed by atoms with E-state index in [4.69, 9.17) is 4.74 Å². The molecule has 0 saturated heterocycles. The summed E-state index contributed by atoms with van der Waals surface area (Å²) in [4.78, 5) is 23.9. The minimum Gasteiger partial charge on any atom is -0.483 e. The molecule has 6 nitrogen and oxygen atoms in total. The maximum Gasteiger partial charge on any atom is 0.266 e. The number of para-hydroxylation sites is 1. The SMILES string of the molecule is Cn1nc(-c2ccc(NC(=O)COc3ccccc3-c3ccccc3)cc2)ccc1=O. The molecular weight excluding hydrogens is 390 g/mol. The fourth-order valence-electron chi connectivity index (χ4n) is 3.17. The highest BCUT2D eigenvalue weighted by atomic mass is 16.5. The van der Waals surface area contributed by atoms with E-state index in [2.05, 4.69) is 10.4 Å². The standard InChI is InChI=1S/C25H21N3O3/c1-28-25(30)16-15-22(27-28)19-11-13-20(14-12-19)26-24(29)17-31-23-10-6-5-9-21(23)18-7-3-2-4-8-18/h2-16H,17H2,1H3,(H,26,29). The number of amides is 1. The van der Waals surface area contributed by atoms with E-state index in [1.165, 1.54) is 10.7 Å². The van der Waals surface area contributed by atoms with E-state index in [0.717, 1.165) is 16.7 Å². The van der Waals surface area contributed by atoms with Gasteiger partial charge in [-0.25, -0.2) is 4.68 Å². The van der Waals surface area contributed by atoms with Crippen LogP contribution in [0.25, 0.3) is 22.4 Å². The zero-order valence-corrected chi connectivity index (χ0v) is 17.0. The minimum absolute atomic E-state index is 0.103. The summed E-state index contributed by atoms with van der Waals surface area (Å²) in [6.45, 7) is -0.103. The van der Waals surface area contributed by atoms with E-state index in [1.807, 2.05) is 66.7 Å². The first-order valence-electron chi connectivity index (χ1n) is 9.82. The lowest BCUT2D eigenvalue weighted by Crippen LogP contribution is -2.20. The number of anilines is 1. The lowest BCUT2D eigenvalue weighted by Gasteiger charge is -2.12. The summed E-state index contributed by atoms with van der Waals surface area (Å²) in [5, 5.41) is 7.06. The molecule has 0 atom stereocenters. The number of hydrogen-bond donors (Lipinski definition) is 1. The predicted molar refractivity (Wildman–Crippen MR) is 121 cm³/mol. The van der Waals surface area contributed by atoms with Gasteiger partial charge in [0.05, 0.1) is 5.69 Å². The lowest BCUT2D eigenvalue weighted by molar-refractivity contribution is -0.118. The van der Waals surface area contributed by atoms with Gasteiger partial charge in [0.15, 0.2) is 6.61 Å². The van der Waals surface area contributed by atoms with E-state index in [0.29, 0.717) is 17.1 Å². The third kappa shape index (κ3) is 4.87. The molecule has 3 aromatic carbocycles. The maximum atomic E-state index is 12.4. The zero-order valence-electron chi connectivity index (χ0n) is 17.0. The number of aryl methyl sites for hydroxylation is 1. The summed E-state index contributed by atoms with van der Waals surface area (Å²) in [5.74, 6) is 0.399. The summed E-state index contributed by atoms with van der Waals surface area (Å²) in [6.07, 6.45) is 0. The predicted octanol–water partition coefficient (Wildman–Crippen LogP) is 4.13. The van der Waals surface area contributed by atoms with Crippen molar-refractivity contribution in [2.45, 2.75) is 0 Å². The van der Waals surface area contributed by atoms with Gasteiger partial charge in [-0.3, -0.25) is 9.59 Å². The van der Waals surface area contributed by atoms with Gasteiger partial charge in [0.25, 0.3) is 11.5 Å². The molecule has 0 fully saturated rings. The first kappa shape index (κ1) is 20.1. The Hall–Kier alpha value is -4.19. The van der Waals surface area contributed by atoms with Crippen molar-refractivity contribution >= 4 is 11.6 Å². The Labute approximate surface area is 179 Å². The molecule has 1 aromatic heterocycles. The Kier molecular flexibility index (Phi) is 5.89. The Balaban J connectivity index is 1.40. The van der Waals surface area contributed by atoms with Gasteiger partial charge in [0.1, 0.15) is 5.75 Å². The van der Waals surface area contributed by atoms with Gasteiger partial charge >= 0.3 is 0 Å². The van der Waals surface area contributed by atoms with Crippen LogP contribution in [0.5, 0.6) is 5.75 Å². The fraction of sp³-hybridized carbons (Fsp3) is 0.0800. The second-order valence-corrected chi connectivity index (χ2v) is 6.96. The van der Waals surface area contributed by atoms with E-state index < -0.39 is 0 Å². The summed E-state index contributed by atoms with van der Waals surface area (Å²) in [5.41, 5.74) is 3.98. The molecule has 6 heteroatoms. The third-order valence-electron chi connectivity index (χ3n) is 4.76. The fourth-order valence-corrected chi connectivity index (χ4v) is 3.17. The molecule has 4 rings (SSSR count). The van der Waals surface area contributed by atoms with Crippen molar-refractivity contribution < 1.29 is 9.53 Å². The molecule has 1 amide bonds. The Morgan fingerprint density at radius 3 is 2.32 bits per heavy atom. The van der Waals surface area contributed by atoms with E-state index in [9.17, 15) is 9.59 Å². The van der Waals surface area contributed by atoms with Crippen LogP contribution in [-0.4, -0.2) is 22.3 Å². The summed E-state index contributed by atoms with van der Waals surface area (Å²) >= 11 is 0. The first-order chi connectivity index (χ1) is 15.1. The van der Waals surface area contributed by atoms with Crippen LogP contribution in [0.15, 0.2) is 95.8 Å². The molecule has 0 saturated carbocycles. The number of hydrogen-bond acceptors (Lipinski definition) is 4. The number of aromatic nitrogens is 2. The van der Waals surface area contributed by atoms with Crippen LogP contribution in [0.3, 0.4) is 0 Å². The van der Waals surface area contributed by atoms with Crippen LogP contribution in [0, 0.1) is 0 Å². The average molecular weight is 411 g/mol. The van der Waals surface area contributed by atoms with Crippen molar-refractivity contribution in [1.29, 1.82) is 0 Å². The van der Waals surface area contributed by atoms with Crippen LogP contribution in [0.1, 0.15) is 0 Å². The Morgan fingerprint density at radius 1 is 0.871 bits per heavy atom. The number of nitrogens with one attached hydrogen (secondary N) is 1. The highest BCUT2D eigenvalue weighted by molar-refractivity contribution is 5.92. The van der Waals surface area contributed by atoms with E-state index >= 15 is 0 Å².